The fraction of sp³-hybridized carbons (Fsp3) is 0.346. The summed E-state index contributed by atoms with van der Waals surface area (Å²) in [5.41, 5.74) is 6.01. The molecule has 1 aromatic carbocycles. The molecule has 0 saturated carbocycles. The summed E-state index contributed by atoms with van der Waals surface area (Å²) >= 11 is 0. The van der Waals surface area contributed by atoms with E-state index in [-0.39, 0.29) is 17.1 Å². The van der Waals surface area contributed by atoms with Crippen LogP contribution >= 0.6 is 0 Å². The first-order valence-corrected chi connectivity index (χ1v) is 10.7. The quantitative estimate of drug-likeness (QED) is 0.745. The Morgan fingerprint density at radius 3 is 2.35 bits per heavy atom. The second-order valence-electron chi connectivity index (χ2n) is 9.52. The van der Waals surface area contributed by atoms with Crippen LogP contribution in [0.15, 0.2) is 65.1 Å². The van der Waals surface area contributed by atoms with Crippen molar-refractivity contribution in [1.29, 1.82) is 0 Å². The van der Waals surface area contributed by atoms with E-state index in [9.17, 15) is 9.59 Å². The Labute approximate surface area is 183 Å². The molecule has 1 aliphatic heterocycles. The van der Waals surface area contributed by atoms with Crippen molar-refractivity contribution in [2.45, 2.75) is 53.4 Å². The van der Waals surface area contributed by atoms with Gasteiger partial charge < -0.3 is 10.6 Å². The van der Waals surface area contributed by atoms with Crippen molar-refractivity contribution < 1.29 is 9.59 Å². The highest BCUT2D eigenvalue weighted by Crippen LogP contribution is 2.46. The fourth-order valence-electron chi connectivity index (χ4n) is 4.55. The van der Waals surface area contributed by atoms with Crippen molar-refractivity contribution in [2.24, 2.45) is 5.41 Å². The maximum Gasteiger partial charge on any atom is 0.255 e. The normalized spacial score (nSPS) is 20.3. The number of rotatable bonds is 3. The van der Waals surface area contributed by atoms with Gasteiger partial charge in [0.2, 0.25) is 0 Å². The van der Waals surface area contributed by atoms with Crippen molar-refractivity contribution >= 4 is 17.5 Å². The number of pyridine rings is 1. The molecule has 0 spiro atoms. The molecule has 5 heteroatoms. The molecule has 0 bridgehead atoms. The number of hydrogen-bond donors (Lipinski definition) is 2. The van der Waals surface area contributed by atoms with Crippen LogP contribution in [0.1, 0.15) is 56.2 Å². The number of aromatic nitrogens is 1. The minimum atomic E-state index is -0.397. The van der Waals surface area contributed by atoms with Gasteiger partial charge >= 0.3 is 0 Å². The first kappa shape index (κ1) is 21.0. The maximum absolute atomic E-state index is 13.4. The van der Waals surface area contributed by atoms with Crippen molar-refractivity contribution in [2.75, 3.05) is 5.32 Å². The molecular weight excluding hydrogens is 386 g/mol. The molecule has 1 aliphatic carbocycles. The van der Waals surface area contributed by atoms with Gasteiger partial charge in [-0.05, 0) is 49.8 Å². The van der Waals surface area contributed by atoms with E-state index in [4.69, 9.17) is 0 Å². The Balaban J connectivity index is 1.79. The Hall–Kier alpha value is -3.21. The Morgan fingerprint density at radius 2 is 1.71 bits per heavy atom. The lowest BCUT2D eigenvalue weighted by molar-refractivity contribution is -0.118. The second kappa shape index (κ2) is 7.80. The van der Waals surface area contributed by atoms with Crippen molar-refractivity contribution in [3.63, 3.8) is 0 Å². The van der Waals surface area contributed by atoms with Gasteiger partial charge in [0.05, 0.1) is 0 Å². The molecule has 2 heterocycles. The number of nitrogens with zero attached hydrogens (tertiary/aromatic N) is 1. The summed E-state index contributed by atoms with van der Waals surface area (Å²) in [6.07, 6.45) is 2.98. The average Bonchev–Trinajstić information content (AvgIpc) is 2.68. The Bertz CT molecular complexity index is 1110. The number of benzene rings is 1. The molecule has 0 fully saturated rings. The third-order valence-electron chi connectivity index (χ3n) is 6.05. The molecule has 0 radical (unpaired) electrons. The van der Waals surface area contributed by atoms with Gasteiger partial charge in [0, 0.05) is 41.1 Å². The standard InChI is InChI=1S/C26H29N3O2/c1-15-6-9-18(10-7-15)23-22(25(31)29-21-11-8-16(2)14-27-21)17(3)28-19-12-26(4,5)13-20(30)24(19)23/h6-11,14,23,28H,12-13H2,1-5H3,(H,27,29,31)/t23-/m0/s1. The van der Waals surface area contributed by atoms with Gasteiger partial charge in [0.25, 0.3) is 5.91 Å². The number of Topliss-reactive ketones (excluding diaryl/α,β-unsaturated/α-hetero) is 1. The number of hydrogen-bond acceptors (Lipinski definition) is 4. The second-order valence-corrected chi connectivity index (χ2v) is 9.52. The monoisotopic (exact) mass is 415 g/mol. The minimum Gasteiger partial charge on any atom is -0.362 e. The summed E-state index contributed by atoms with van der Waals surface area (Å²) in [6.45, 7) is 10.1. The van der Waals surface area contributed by atoms with Gasteiger partial charge in [0.1, 0.15) is 5.82 Å². The molecule has 2 N–H and O–H groups in total. The lowest BCUT2D eigenvalue weighted by Crippen LogP contribution is -2.39. The van der Waals surface area contributed by atoms with Gasteiger partial charge in [-0.3, -0.25) is 9.59 Å². The van der Waals surface area contributed by atoms with Crippen LogP contribution in [0.4, 0.5) is 5.82 Å². The summed E-state index contributed by atoms with van der Waals surface area (Å²) in [5, 5.41) is 6.32. The summed E-state index contributed by atoms with van der Waals surface area (Å²) in [6, 6.07) is 11.8. The molecule has 160 valence electrons. The van der Waals surface area contributed by atoms with Crippen LogP contribution in [-0.4, -0.2) is 16.7 Å². The molecule has 0 saturated heterocycles. The highest BCUT2D eigenvalue weighted by molar-refractivity contribution is 6.09. The van der Waals surface area contributed by atoms with Crippen molar-refractivity contribution in [3.05, 3.63) is 81.8 Å². The number of dihydropyridines is 1. The smallest absolute Gasteiger partial charge is 0.255 e. The lowest BCUT2D eigenvalue weighted by Gasteiger charge is -2.39. The van der Waals surface area contributed by atoms with Gasteiger partial charge in [-0.1, -0.05) is 49.7 Å². The maximum atomic E-state index is 13.4. The highest BCUT2D eigenvalue weighted by atomic mass is 16.2. The zero-order valence-corrected chi connectivity index (χ0v) is 18.8. The van der Waals surface area contributed by atoms with E-state index in [1.165, 1.54) is 0 Å². The van der Waals surface area contributed by atoms with E-state index < -0.39 is 5.92 Å². The van der Waals surface area contributed by atoms with E-state index in [1.807, 2.05) is 51.1 Å². The predicted octanol–water partition coefficient (Wildman–Crippen LogP) is 4.94. The summed E-state index contributed by atoms with van der Waals surface area (Å²) in [7, 11) is 0. The minimum absolute atomic E-state index is 0.105. The zero-order valence-electron chi connectivity index (χ0n) is 18.8. The summed E-state index contributed by atoms with van der Waals surface area (Å²) < 4.78 is 0. The van der Waals surface area contributed by atoms with Crippen LogP contribution in [0.3, 0.4) is 0 Å². The van der Waals surface area contributed by atoms with Gasteiger partial charge in [-0.2, -0.15) is 0 Å². The SMILES string of the molecule is CC1=C(C(=O)Nc2ccc(C)cn2)[C@H](c2ccc(C)cc2)C2=C(CC(C)(C)CC2=O)N1. The molecule has 2 aromatic rings. The molecule has 1 atom stereocenters. The fourth-order valence-corrected chi connectivity index (χ4v) is 4.55. The third kappa shape index (κ3) is 4.18. The van der Waals surface area contributed by atoms with E-state index in [1.54, 1.807) is 12.3 Å². The number of carbonyl (C=O) groups excluding carboxylic acids is 2. The van der Waals surface area contributed by atoms with Crippen LogP contribution in [0.5, 0.6) is 0 Å². The largest absolute Gasteiger partial charge is 0.362 e. The molecule has 1 amide bonds. The van der Waals surface area contributed by atoms with Crippen LogP contribution in [0.25, 0.3) is 0 Å². The number of amides is 1. The van der Waals surface area contributed by atoms with E-state index in [0.717, 1.165) is 40.1 Å². The lowest BCUT2D eigenvalue weighted by atomic mass is 9.68. The topological polar surface area (TPSA) is 71.1 Å². The van der Waals surface area contributed by atoms with Crippen LogP contribution in [0.2, 0.25) is 0 Å². The van der Waals surface area contributed by atoms with E-state index in [2.05, 4.69) is 29.5 Å². The number of allylic oxidation sites excluding steroid dienone is 3. The van der Waals surface area contributed by atoms with Crippen LogP contribution in [-0.2, 0) is 9.59 Å². The number of carbonyl (C=O) groups is 2. The third-order valence-corrected chi connectivity index (χ3v) is 6.05. The molecule has 31 heavy (non-hydrogen) atoms. The Kier molecular flexibility index (Phi) is 5.29. The highest BCUT2D eigenvalue weighted by Gasteiger charge is 2.42. The molecular formula is C26H29N3O2. The molecule has 0 unspecified atom stereocenters. The number of ketones is 1. The van der Waals surface area contributed by atoms with E-state index >= 15 is 0 Å². The summed E-state index contributed by atoms with van der Waals surface area (Å²) in [5.74, 6) is -0.0352. The average molecular weight is 416 g/mol. The van der Waals surface area contributed by atoms with Gasteiger partial charge in [0.15, 0.2) is 5.78 Å². The van der Waals surface area contributed by atoms with Crippen molar-refractivity contribution in [1.82, 2.24) is 10.3 Å². The number of anilines is 1. The number of nitrogens with one attached hydrogen (secondary N) is 2. The van der Waals surface area contributed by atoms with Gasteiger partial charge in [-0.15, -0.1) is 0 Å². The molecule has 2 aliphatic rings. The first-order valence-electron chi connectivity index (χ1n) is 10.7. The first-order chi connectivity index (χ1) is 14.6. The van der Waals surface area contributed by atoms with Gasteiger partial charge in [-0.25, -0.2) is 4.98 Å². The van der Waals surface area contributed by atoms with Crippen molar-refractivity contribution in [3.8, 4) is 0 Å². The van der Waals surface area contributed by atoms with Crippen LogP contribution < -0.4 is 10.6 Å². The van der Waals surface area contributed by atoms with Crippen LogP contribution in [0, 0.1) is 19.3 Å². The number of aryl methyl sites for hydroxylation is 2. The molecule has 1 aromatic heterocycles. The molecule has 4 rings (SSSR count). The van der Waals surface area contributed by atoms with E-state index in [0.29, 0.717) is 17.8 Å². The zero-order chi connectivity index (χ0) is 22.3. The molecule has 5 nitrogen and oxygen atoms in total. The Morgan fingerprint density at radius 1 is 1.03 bits per heavy atom. The summed E-state index contributed by atoms with van der Waals surface area (Å²) in [4.78, 5) is 31.0. The predicted molar refractivity (Wildman–Crippen MR) is 122 cm³/mol.